The molecule has 0 aliphatic heterocycles. The molecule has 0 saturated carbocycles. The van der Waals surface area contributed by atoms with E-state index >= 15 is 0 Å². The molecule has 0 atom stereocenters. The number of hydrogen-bond donors (Lipinski definition) is 0. The first-order valence-electron chi connectivity index (χ1n) is 14.5. The van der Waals surface area contributed by atoms with Crippen LogP contribution in [0.4, 0.5) is 0 Å². The predicted molar refractivity (Wildman–Crippen MR) is 176 cm³/mol. The quantitative estimate of drug-likeness (QED) is 0.212. The van der Waals surface area contributed by atoms with Crippen molar-refractivity contribution in [3.63, 3.8) is 0 Å². The summed E-state index contributed by atoms with van der Waals surface area (Å²) in [6.07, 6.45) is 0. The summed E-state index contributed by atoms with van der Waals surface area (Å²) in [5.74, 6) is 1.88. The molecule has 0 saturated heterocycles. The molecule has 0 spiro atoms. The second-order valence-electron chi connectivity index (χ2n) is 10.8. The number of nitrogens with zero attached hydrogens (tertiary/aromatic N) is 3. The number of fused-ring (bicyclic) bond motifs is 6. The highest BCUT2D eigenvalue weighted by Gasteiger charge is 2.19. The fourth-order valence-electron chi connectivity index (χ4n) is 6.09. The summed E-state index contributed by atoms with van der Waals surface area (Å²) in [5, 5.41) is 4.21. The zero-order chi connectivity index (χ0) is 29.0. The molecule has 0 bridgehead atoms. The number of benzene rings is 6. The molecule has 9 rings (SSSR count). The van der Waals surface area contributed by atoms with Crippen LogP contribution in [-0.4, -0.2) is 15.0 Å². The Morgan fingerprint density at radius 3 is 1.68 bits per heavy atom. The van der Waals surface area contributed by atoms with Crippen molar-refractivity contribution in [2.24, 2.45) is 0 Å². The number of hydrogen-bond acceptors (Lipinski definition) is 5. The standard InChI is InChI=1S/C39H23N3O2/c1-3-11-24(12-4-1)37-40-38(25-13-5-2-6-14-25)42-39(41-37)26-21-22-33-31(23-26)29-18-9-17-28(36(29)44-33)27-16-10-20-34-35(27)30-15-7-8-19-32(30)43-34/h1-23H. The van der Waals surface area contributed by atoms with Crippen LogP contribution in [0.5, 0.6) is 0 Å². The van der Waals surface area contributed by atoms with Crippen LogP contribution in [0.3, 0.4) is 0 Å². The van der Waals surface area contributed by atoms with Gasteiger partial charge in [-0.3, -0.25) is 0 Å². The van der Waals surface area contributed by atoms with Gasteiger partial charge in [-0.05, 0) is 35.9 Å². The first-order valence-corrected chi connectivity index (χ1v) is 14.5. The van der Waals surface area contributed by atoms with Gasteiger partial charge < -0.3 is 8.83 Å². The van der Waals surface area contributed by atoms with E-state index in [1.807, 2.05) is 103 Å². The number of furan rings is 2. The lowest BCUT2D eigenvalue weighted by atomic mass is 9.97. The third-order valence-electron chi connectivity index (χ3n) is 8.15. The van der Waals surface area contributed by atoms with Crippen LogP contribution < -0.4 is 0 Å². The SMILES string of the molecule is c1ccc(-c2nc(-c3ccccc3)nc(-c3ccc4oc5c(-c6cccc7oc8ccccc8c67)cccc5c4c3)n2)cc1. The van der Waals surface area contributed by atoms with E-state index in [-0.39, 0.29) is 0 Å². The number of para-hydroxylation sites is 2. The van der Waals surface area contributed by atoms with Crippen molar-refractivity contribution in [3.05, 3.63) is 140 Å². The maximum absolute atomic E-state index is 6.57. The molecule has 9 aromatic rings. The van der Waals surface area contributed by atoms with Crippen molar-refractivity contribution in [1.29, 1.82) is 0 Å². The van der Waals surface area contributed by atoms with E-state index in [1.54, 1.807) is 0 Å². The maximum Gasteiger partial charge on any atom is 0.164 e. The first-order chi connectivity index (χ1) is 21.8. The summed E-state index contributed by atoms with van der Waals surface area (Å²) >= 11 is 0. The van der Waals surface area contributed by atoms with Gasteiger partial charge in [-0.15, -0.1) is 0 Å². The van der Waals surface area contributed by atoms with Gasteiger partial charge in [-0.25, -0.2) is 15.0 Å². The van der Waals surface area contributed by atoms with Gasteiger partial charge in [0.2, 0.25) is 0 Å². The number of aromatic nitrogens is 3. The molecule has 0 unspecified atom stereocenters. The Kier molecular flexibility index (Phi) is 5.43. The van der Waals surface area contributed by atoms with E-state index in [1.165, 1.54) is 0 Å². The molecule has 0 amide bonds. The first kappa shape index (κ1) is 24.5. The molecule has 0 aliphatic carbocycles. The Bertz CT molecular complexity index is 2440. The Balaban J connectivity index is 1.24. The molecule has 5 heteroatoms. The van der Waals surface area contributed by atoms with Crippen molar-refractivity contribution < 1.29 is 8.83 Å². The second-order valence-corrected chi connectivity index (χ2v) is 10.8. The van der Waals surface area contributed by atoms with Crippen molar-refractivity contribution in [1.82, 2.24) is 15.0 Å². The van der Waals surface area contributed by atoms with Gasteiger partial charge >= 0.3 is 0 Å². The van der Waals surface area contributed by atoms with Gasteiger partial charge in [0.05, 0.1) is 0 Å². The lowest BCUT2D eigenvalue weighted by Crippen LogP contribution is -2.00. The predicted octanol–water partition coefficient (Wildman–Crippen LogP) is 10.3. The number of rotatable bonds is 4. The molecule has 6 aromatic carbocycles. The third-order valence-corrected chi connectivity index (χ3v) is 8.15. The Morgan fingerprint density at radius 2 is 0.932 bits per heavy atom. The van der Waals surface area contributed by atoms with Gasteiger partial charge in [0.25, 0.3) is 0 Å². The van der Waals surface area contributed by atoms with Crippen LogP contribution in [0.15, 0.2) is 148 Å². The molecule has 3 aromatic heterocycles. The summed E-state index contributed by atoms with van der Waals surface area (Å²) in [6.45, 7) is 0. The summed E-state index contributed by atoms with van der Waals surface area (Å²) in [5.41, 5.74) is 8.25. The van der Waals surface area contributed by atoms with E-state index in [2.05, 4.69) is 36.4 Å². The van der Waals surface area contributed by atoms with Gasteiger partial charge in [-0.2, -0.15) is 0 Å². The van der Waals surface area contributed by atoms with Crippen molar-refractivity contribution in [2.75, 3.05) is 0 Å². The molecule has 5 nitrogen and oxygen atoms in total. The van der Waals surface area contributed by atoms with Gasteiger partial charge in [0.15, 0.2) is 17.5 Å². The Labute approximate surface area is 252 Å². The van der Waals surface area contributed by atoms with E-state index < -0.39 is 0 Å². The normalized spacial score (nSPS) is 11.6. The average Bonchev–Trinajstić information content (AvgIpc) is 3.67. The van der Waals surface area contributed by atoms with E-state index in [4.69, 9.17) is 23.8 Å². The molecule has 44 heavy (non-hydrogen) atoms. The van der Waals surface area contributed by atoms with E-state index in [0.717, 1.165) is 71.7 Å². The molecule has 0 fully saturated rings. The van der Waals surface area contributed by atoms with Crippen molar-refractivity contribution in [2.45, 2.75) is 0 Å². The molecule has 0 N–H and O–H groups in total. The second kappa shape index (κ2) is 9.75. The smallest absolute Gasteiger partial charge is 0.164 e. The topological polar surface area (TPSA) is 65.0 Å². The van der Waals surface area contributed by atoms with Crippen LogP contribution in [0, 0.1) is 0 Å². The lowest BCUT2D eigenvalue weighted by molar-refractivity contribution is 0.668. The van der Waals surface area contributed by atoms with Gasteiger partial charge in [-0.1, -0.05) is 109 Å². The Hall–Kier alpha value is -6.07. The minimum atomic E-state index is 0.611. The van der Waals surface area contributed by atoms with E-state index in [0.29, 0.717) is 17.5 Å². The van der Waals surface area contributed by atoms with Crippen LogP contribution >= 0.6 is 0 Å². The minimum Gasteiger partial charge on any atom is -0.456 e. The fourth-order valence-corrected chi connectivity index (χ4v) is 6.09. The fraction of sp³-hybridized carbons (Fsp3) is 0. The highest BCUT2D eigenvalue weighted by molar-refractivity contribution is 6.17. The molecule has 3 heterocycles. The van der Waals surface area contributed by atoms with Crippen molar-refractivity contribution >= 4 is 43.9 Å². The van der Waals surface area contributed by atoms with Crippen LogP contribution in [0.25, 0.3) is 89.2 Å². The largest absolute Gasteiger partial charge is 0.456 e. The zero-order valence-corrected chi connectivity index (χ0v) is 23.4. The molecule has 206 valence electrons. The lowest BCUT2D eigenvalue weighted by Gasteiger charge is -2.08. The maximum atomic E-state index is 6.57. The third kappa shape index (κ3) is 3.91. The average molecular weight is 566 g/mol. The Morgan fingerprint density at radius 1 is 0.364 bits per heavy atom. The summed E-state index contributed by atoms with van der Waals surface area (Å²) in [7, 11) is 0. The molecule has 0 radical (unpaired) electrons. The van der Waals surface area contributed by atoms with Gasteiger partial charge in [0.1, 0.15) is 22.3 Å². The zero-order valence-electron chi connectivity index (χ0n) is 23.4. The molecular formula is C39H23N3O2. The van der Waals surface area contributed by atoms with E-state index in [9.17, 15) is 0 Å². The van der Waals surface area contributed by atoms with Crippen molar-refractivity contribution in [3.8, 4) is 45.3 Å². The van der Waals surface area contributed by atoms with Gasteiger partial charge in [0, 0.05) is 43.8 Å². The highest BCUT2D eigenvalue weighted by Crippen LogP contribution is 2.42. The monoisotopic (exact) mass is 565 g/mol. The minimum absolute atomic E-state index is 0.611. The van der Waals surface area contributed by atoms with Crippen LogP contribution in [-0.2, 0) is 0 Å². The van der Waals surface area contributed by atoms with Crippen LogP contribution in [0.2, 0.25) is 0 Å². The summed E-state index contributed by atoms with van der Waals surface area (Å²) < 4.78 is 12.8. The summed E-state index contributed by atoms with van der Waals surface area (Å²) in [4.78, 5) is 14.7. The summed E-state index contributed by atoms with van der Waals surface area (Å²) in [6, 6.07) is 46.9. The highest BCUT2D eigenvalue weighted by atomic mass is 16.3. The molecule has 0 aliphatic rings. The van der Waals surface area contributed by atoms with Crippen LogP contribution in [0.1, 0.15) is 0 Å². The molecular weight excluding hydrogens is 542 g/mol.